The zero-order valence-electron chi connectivity index (χ0n) is 8.82. The van der Waals surface area contributed by atoms with E-state index in [0.717, 1.165) is 17.7 Å². The first-order valence-corrected chi connectivity index (χ1v) is 4.70. The number of hydrogen-bond acceptors (Lipinski definition) is 2. The van der Waals surface area contributed by atoms with Crippen molar-refractivity contribution in [3.63, 3.8) is 0 Å². The second-order valence-corrected chi connectivity index (χ2v) is 2.93. The van der Waals surface area contributed by atoms with Gasteiger partial charge in [0.1, 0.15) is 11.5 Å². The summed E-state index contributed by atoms with van der Waals surface area (Å²) in [6.07, 6.45) is 7.95. The molecule has 78 valence electrons. The Morgan fingerprint density at radius 2 is 2.33 bits per heavy atom. The third-order valence-corrected chi connectivity index (χ3v) is 1.92. The second-order valence-electron chi connectivity index (χ2n) is 2.93. The van der Waals surface area contributed by atoms with E-state index in [1.54, 1.807) is 19.3 Å². The first-order chi connectivity index (χ1) is 7.31. The molecule has 0 fully saturated rings. The van der Waals surface area contributed by atoms with Crippen LogP contribution >= 0.6 is 0 Å². The molecule has 1 rings (SSSR count). The molecule has 1 aromatic carbocycles. The van der Waals surface area contributed by atoms with E-state index in [1.807, 2.05) is 12.1 Å². The Balaban J connectivity index is 2.82. The minimum atomic E-state index is 0.575. The molecule has 2 heteroatoms. The maximum Gasteiger partial charge on any atom is 0.138 e. The second kappa shape index (κ2) is 5.77. The fraction of sp³-hybridized carbons (Fsp3) is 0.231. The van der Waals surface area contributed by atoms with Gasteiger partial charge in [-0.05, 0) is 18.6 Å². The molecule has 15 heavy (non-hydrogen) atoms. The molecule has 0 saturated heterocycles. The average Bonchev–Trinajstić information content (AvgIpc) is 2.29. The lowest BCUT2D eigenvalue weighted by Gasteiger charge is -2.08. The van der Waals surface area contributed by atoms with E-state index in [4.69, 9.17) is 15.9 Å². The van der Waals surface area contributed by atoms with Crippen LogP contribution in [-0.4, -0.2) is 13.7 Å². The Morgan fingerprint density at radius 1 is 1.53 bits per heavy atom. The monoisotopic (exact) mass is 202 g/mol. The number of benzene rings is 1. The van der Waals surface area contributed by atoms with Gasteiger partial charge < -0.3 is 9.47 Å². The standard InChI is InChI=1S/C13H14O2/c1-4-6-9-15-13-10-12(14-3)8-7-11(13)5-2/h2,4,7-8,10H,1,6,9H2,3H3. The van der Waals surface area contributed by atoms with Crippen LogP contribution in [0.4, 0.5) is 0 Å². The number of rotatable bonds is 5. The summed E-state index contributed by atoms with van der Waals surface area (Å²) in [6, 6.07) is 5.41. The summed E-state index contributed by atoms with van der Waals surface area (Å²) < 4.78 is 10.6. The predicted molar refractivity (Wildman–Crippen MR) is 61.2 cm³/mol. The third kappa shape index (κ3) is 3.07. The van der Waals surface area contributed by atoms with E-state index >= 15 is 0 Å². The van der Waals surface area contributed by atoms with E-state index in [1.165, 1.54) is 0 Å². The summed E-state index contributed by atoms with van der Waals surface area (Å²) in [5, 5.41) is 0. The van der Waals surface area contributed by atoms with Crippen molar-refractivity contribution in [3.05, 3.63) is 36.4 Å². The Bertz CT molecular complexity index is 375. The number of hydrogen-bond donors (Lipinski definition) is 0. The van der Waals surface area contributed by atoms with Crippen molar-refractivity contribution >= 4 is 0 Å². The largest absolute Gasteiger partial charge is 0.497 e. The van der Waals surface area contributed by atoms with E-state index in [0.29, 0.717) is 12.4 Å². The minimum absolute atomic E-state index is 0.575. The van der Waals surface area contributed by atoms with Gasteiger partial charge >= 0.3 is 0 Å². The van der Waals surface area contributed by atoms with Gasteiger partial charge in [0.15, 0.2) is 0 Å². The van der Waals surface area contributed by atoms with Crippen LogP contribution in [-0.2, 0) is 0 Å². The Kier molecular flexibility index (Phi) is 4.30. The molecule has 0 radical (unpaired) electrons. The molecule has 0 heterocycles. The maximum absolute atomic E-state index is 5.52. The van der Waals surface area contributed by atoms with Crippen LogP contribution in [0.2, 0.25) is 0 Å². The van der Waals surface area contributed by atoms with Crippen molar-refractivity contribution in [2.75, 3.05) is 13.7 Å². The van der Waals surface area contributed by atoms with Gasteiger partial charge in [0.2, 0.25) is 0 Å². The summed E-state index contributed by atoms with van der Waals surface area (Å²) in [7, 11) is 1.61. The first-order valence-electron chi connectivity index (χ1n) is 4.70. The highest BCUT2D eigenvalue weighted by Crippen LogP contribution is 2.24. The van der Waals surface area contributed by atoms with Crippen molar-refractivity contribution in [2.24, 2.45) is 0 Å². The topological polar surface area (TPSA) is 18.5 Å². The Hall–Kier alpha value is -1.88. The van der Waals surface area contributed by atoms with Gasteiger partial charge in [-0.3, -0.25) is 0 Å². The van der Waals surface area contributed by atoms with Crippen LogP contribution in [0.5, 0.6) is 11.5 Å². The Morgan fingerprint density at radius 3 is 2.93 bits per heavy atom. The van der Waals surface area contributed by atoms with Gasteiger partial charge in [-0.2, -0.15) is 0 Å². The minimum Gasteiger partial charge on any atom is -0.497 e. The summed E-state index contributed by atoms with van der Waals surface area (Å²) in [5.41, 5.74) is 0.736. The van der Waals surface area contributed by atoms with Crippen molar-refractivity contribution in [1.82, 2.24) is 0 Å². The molecular formula is C13H14O2. The molecule has 0 aliphatic rings. The molecule has 0 aromatic heterocycles. The van der Waals surface area contributed by atoms with Crippen LogP contribution in [0.3, 0.4) is 0 Å². The normalized spacial score (nSPS) is 9.07. The zero-order valence-corrected chi connectivity index (χ0v) is 8.82. The predicted octanol–water partition coefficient (Wildman–Crippen LogP) is 2.63. The van der Waals surface area contributed by atoms with E-state index in [-0.39, 0.29) is 0 Å². The van der Waals surface area contributed by atoms with Crippen molar-refractivity contribution in [3.8, 4) is 23.8 Å². The molecule has 0 aliphatic carbocycles. The summed E-state index contributed by atoms with van der Waals surface area (Å²) in [5.74, 6) is 3.99. The average molecular weight is 202 g/mol. The molecule has 2 nitrogen and oxygen atoms in total. The molecule has 0 unspecified atom stereocenters. The van der Waals surface area contributed by atoms with E-state index in [2.05, 4.69) is 12.5 Å². The van der Waals surface area contributed by atoms with Crippen LogP contribution < -0.4 is 9.47 Å². The number of methoxy groups -OCH3 is 1. The van der Waals surface area contributed by atoms with Crippen LogP contribution in [0.25, 0.3) is 0 Å². The summed E-state index contributed by atoms with van der Waals surface area (Å²) in [6.45, 7) is 4.20. The fourth-order valence-electron chi connectivity index (χ4n) is 1.12. The van der Waals surface area contributed by atoms with Crippen LogP contribution in [0.15, 0.2) is 30.9 Å². The highest BCUT2D eigenvalue weighted by Gasteiger charge is 2.02. The third-order valence-electron chi connectivity index (χ3n) is 1.92. The van der Waals surface area contributed by atoms with E-state index in [9.17, 15) is 0 Å². The maximum atomic E-state index is 5.52. The van der Waals surface area contributed by atoms with Crippen LogP contribution in [0, 0.1) is 12.3 Å². The summed E-state index contributed by atoms with van der Waals surface area (Å²) in [4.78, 5) is 0. The first kappa shape index (κ1) is 11.2. The lowest BCUT2D eigenvalue weighted by molar-refractivity contribution is 0.321. The number of ether oxygens (including phenoxy) is 2. The molecule has 0 bridgehead atoms. The zero-order chi connectivity index (χ0) is 11.1. The van der Waals surface area contributed by atoms with Gasteiger partial charge in [-0.15, -0.1) is 13.0 Å². The lowest BCUT2D eigenvalue weighted by atomic mass is 10.2. The van der Waals surface area contributed by atoms with Crippen molar-refractivity contribution in [2.45, 2.75) is 6.42 Å². The van der Waals surface area contributed by atoms with Crippen molar-refractivity contribution < 1.29 is 9.47 Å². The van der Waals surface area contributed by atoms with E-state index < -0.39 is 0 Å². The molecule has 0 amide bonds. The van der Waals surface area contributed by atoms with Gasteiger partial charge in [-0.1, -0.05) is 12.0 Å². The molecule has 0 saturated carbocycles. The lowest BCUT2D eigenvalue weighted by Crippen LogP contribution is -1.98. The molecule has 0 N–H and O–H groups in total. The smallest absolute Gasteiger partial charge is 0.138 e. The molecule has 0 atom stereocenters. The molecule has 1 aromatic rings. The Labute approximate surface area is 90.5 Å². The highest BCUT2D eigenvalue weighted by atomic mass is 16.5. The molecule has 0 aliphatic heterocycles. The quantitative estimate of drug-likeness (QED) is 0.415. The van der Waals surface area contributed by atoms with Gasteiger partial charge in [0, 0.05) is 6.07 Å². The van der Waals surface area contributed by atoms with Gasteiger partial charge in [0.05, 0.1) is 19.3 Å². The summed E-state index contributed by atoms with van der Waals surface area (Å²) >= 11 is 0. The fourth-order valence-corrected chi connectivity index (χ4v) is 1.12. The van der Waals surface area contributed by atoms with Crippen molar-refractivity contribution in [1.29, 1.82) is 0 Å². The highest BCUT2D eigenvalue weighted by molar-refractivity contribution is 5.48. The van der Waals surface area contributed by atoms with Gasteiger partial charge in [-0.25, -0.2) is 0 Å². The van der Waals surface area contributed by atoms with Crippen LogP contribution in [0.1, 0.15) is 12.0 Å². The number of terminal acetylenes is 1. The SMILES string of the molecule is C#Cc1ccc(OC)cc1OCCC=C. The van der Waals surface area contributed by atoms with Gasteiger partial charge in [0.25, 0.3) is 0 Å². The molecular weight excluding hydrogens is 188 g/mol. The molecule has 0 spiro atoms.